The van der Waals surface area contributed by atoms with Crippen molar-refractivity contribution >= 4 is 0 Å². The van der Waals surface area contributed by atoms with E-state index < -0.39 is 0 Å². The molecule has 0 aromatic carbocycles. The maximum atomic E-state index is 9.11. The van der Waals surface area contributed by atoms with Crippen LogP contribution in [0.25, 0.3) is 0 Å². The Morgan fingerprint density at radius 1 is 1.26 bits per heavy atom. The minimum absolute atomic E-state index is 0.345. The van der Waals surface area contributed by atoms with Crippen molar-refractivity contribution in [3.05, 3.63) is 0 Å². The number of rotatable bonds is 5. The number of hydrogen-bond acceptors (Lipinski definition) is 3. The fourth-order valence-corrected chi connectivity index (χ4v) is 3.99. The van der Waals surface area contributed by atoms with Crippen molar-refractivity contribution in [2.24, 2.45) is 23.0 Å². The Labute approximate surface area is 118 Å². The van der Waals surface area contributed by atoms with Gasteiger partial charge in [-0.1, -0.05) is 19.8 Å². The van der Waals surface area contributed by atoms with Crippen molar-refractivity contribution in [2.45, 2.75) is 51.9 Å². The van der Waals surface area contributed by atoms with E-state index in [9.17, 15) is 0 Å². The molecular formula is C16H32N2O. The van der Waals surface area contributed by atoms with Gasteiger partial charge >= 0.3 is 0 Å². The molecule has 1 heterocycles. The first-order valence-electron chi connectivity index (χ1n) is 8.21. The summed E-state index contributed by atoms with van der Waals surface area (Å²) in [5.74, 6) is 1.60. The van der Waals surface area contributed by atoms with Crippen molar-refractivity contribution in [2.75, 3.05) is 32.8 Å². The van der Waals surface area contributed by atoms with E-state index >= 15 is 0 Å². The highest BCUT2D eigenvalue weighted by Gasteiger charge is 2.35. The number of hydrogen-bond donors (Lipinski definition) is 2. The molecule has 3 heteroatoms. The Morgan fingerprint density at radius 2 is 2.00 bits per heavy atom. The highest BCUT2D eigenvalue weighted by atomic mass is 16.3. The van der Waals surface area contributed by atoms with Crippen LogP contribution in [0.2, 0.25) is 0 Å². The summed E-state index contributed by atoms with van der Waals surface area (Å²) in [6.45, 7) is 7.17. The van der Waals surface area contributed by atoms with Gasteiger partial charge in [0.2, 0.25) is 0 Å². The Bertz CT molecular complexity index is 259. The van der Waals surface area contributed by atoms with E-state index in [1.165, 1.54) is 58.2 Å². The lowest BCUT2D eigenvalue weighted by atomic mass is 9.70. The Kier molecular flexibility index (Phi) is 5.67. The summed E-state index contributed by atoms with van der Waals surface area (Å²) < 4.78 is 0. The summed E-state index contributed by atoms with van der Waals surface area (Å²) >= 11 is 0. The van der Waals surface area contributed by atoms with Gasteiger partial charge in [0.15, 0.2) is 0 Å². The van der Waals surface area contributed by atoms with Crippen molar-refractivity contribution in [3.63, 3.8) is 0 Å². The summed E-state index contributed by atoms with van der Waals surface area (Å²) in [6, 6.07) is 0. The number of nitrogens with zero attached hydrogens (tertiary/aromatic N) is 1. The Morgan fingerprint density at radius 3 is 2.63 bits per heavy atom. The molecule has 0 aromatic rings. The minimum Gasteiger partial charge on any atom is -0.396 e. The minimum atomic E-state index is 0.345. The fraction of sp³-hybridized carbons (Fsp3) is 1.00. The highest BCUT2D eigenvalue weighted by molar-refractivity contribution is 4.89. The zero-order valence-corrected chi connectivity index (χ0v) is 12.6. The second-order valence-corrected chi connectivity index (χ2v) is 7.14. The average molecular weight is 268 g/mol. The lowest BCUT2D eigenvalue weighted by Crippen LogP contribution is -2.47. The zero-order chi connectivity index (χ0) is 13.7. The predicted molar refractivity (Wildman–Crippen MR) is 80.0 cm³/mol. The second kappa shape index (κ2) is 7.05. The van der Waals surface area contributed by atoms with Crippen LogP contribution in [-0.4, -0.2) is 42.8 Å². The number of likely N-dealkylation sites (tertiary alicyclic amines) is 1. The maximum absolute atomic E-state index is 9.11. The van der Waals surface area contributed by atoms with E-state index in [4.69, 9.17) is 10.8 Å². The van der Waals surface area contributed by atoms with E-state index in [-0.39, 0.29) is 0 Å². The van der Waals surface area contributed by atoms with Gasteiger partial charge in [-0.25, -0.2) is 0 Å². The van der Waals surface area contributed by atoms with Crippen LogP contribution in [0.3, 0.4) is 0 Å². The predicted octanol–water partition coefficient (Wildman–Crippen LogP) is 2.24. The zero-order valence-electron chi connectivity index (χ0n) is 12.6. The van der Waals surface area contributed by atoms with Gasteiger partial charge in [-0.15, -0.1) is 0 Å². The molecule has 2 fully saturated rings. The van der Waals surface area contributed by atoms with Gasteiger partial charge < -0.3 is 15.7 Å². The van der Waals surface area contributed by atoms with Gasteiger partial charge in [0.05, 0.1) is 0 Å². The number of aliphatic hydroxyl groups excluding tert-OH is 1. The van der Waals surface area contributed by atoms with Gasteiger partial charge in [-0.2, -0.15) is 0 Å². The maximum Gasteiger partial charge on any atom is 0.0434 e. The van der Waals surface area contributed by atoms with Crippen molar-refractivity contribution in [1.29, 1.82) is 0 Å². The molecule has 19 heavy (non-hydrogen) atoms. The van der Waals surface area contributed by atoms with Crippen molar-refractivity contribution < 1.29 is 5.11 Å². The first-order chi connectivity index (χ1) is 9.17. The van der Waals surface area contributed by atoms with E-state index in [0.717, 1.165) is 18.9 Å². The molecule has 1 atom stereocenters. The second-order valence-electron chi connectivity index (χ2n) is 7.14. The summed E-state index contributed by atoms with van der Waals surface area (Å²) in [7, 11) is 0. The lowest BCUT2D eigenvalue weighted by Gasteiger charge is -2.44. The largest absolute Gasteiger partial charge is 0.396 e. The van der Waals surface area contributed by atoms with E-state index in [2.05, 4.69) is 11.8 Å². The fourth-order valence-electron chi connectivity index (χ4n) is 3.99. The smallest absolute Gasteiger partial charge is 0.0434 e. The molecule has 2 rings (SSSR count). The monoisotopic (exact) mass is 268 g/mol. The Balaban J connectivity index is 1.87. The normalized spacial score (nSPS) is 37.4. The molecule has 1 unspecified atom stereocenters. The van der Waals surface area contributed by atoms with Crippen LogP contribution >= 0.6 is 0 Å². The van der Waals surface area contributed by atoms with E-state index in [0.29, 0.717) is 17.9 Å². The first kappa shape index (κ1) is 15.3. The quantitative estimate of drug-likeness (QED) is 0.804. The molecule has 0 amide bonds. The molecule has 1 saturated carbocycles. The molecule has 1 aliphatic carbocycles. The SMILES string of the molecule is CC1CCC(CN)(CN2CCCC(CCO)C2)CC1. The van der Waals surface area contributed by atoms with Crippen LogP contribution in [0.5, 0.6) is 0 Å². The van der Waals surface area contributed by atoms with E-state index in [1.54, 1.807) is 0 Å². The van der Waals surface area contributed by atoms with Crippen LogP contribution < -0.4 is 5.73 Å². The van der Waals surface area contributed by atoms with Crippen LogP contribution in [0.4, 0.5) is 0 Å². The molecule has 0 radical (unpaired) electrons. The third-order valence-electron chi connectivity index (χ3n) is 5.47. The topological polar surface area (TPSA) is 49.5 Å². The first-order valence-corrected chi connectivity index (χ1v) is 8.21. The highest BCUT2D eigenvalue weighted by Crippen LogP contribution is 2.39. The number of aliphatic hydroxyl groups is 1. The van der Waals surface area contributed by atoms with Crippen LogP contribution in [0, 0.1) is 17.3 Å². The standard InChI is InChI=1S/C16H32N2O/c1-14-4-7-16(12-17,8-5-14)13-18-9-2-3-15(11-18)6-10-19/h14-15,19H,2-13,17H2,1H3. The Hall–Kier alpha value is -0.120. The van der Waals surface area contributed by atoms with E-state index in [1.807, 2.05) is 0 Å². The summed E-state index contributed by atoms with van der Waals surface area (Å²) in [6.07, 6.45) is 8.89. The third-order valence-corrected chi connectivity index (χ3v) is 5.47. The average Bonchev–Trinajstić information content (AvgIpc) is 2.43. The number of piperidine rings is 1. The molecule has 0 aromatic heterocycles. The summed E-state index contributed by atoms with van der Waals surface area (Å²) in [4.78, 5) is 2.63. The van der Waals surface area contributed by atoms with Gasteiger partial charge in [0.25, 0.3) is 0 Å². The van der Waals surface area contributed by atoms with Gasteiger partial charge in [-0.05, 0) is 62.4 Å². The lowest BCUT2D eigenvalue weighted by molar-refractivity contribution is 0.0629. The van der Waals surface area contributed by atoms with Crippen LogP contribution in [0.15, 0.2) is 0 Å². The molecule has 2 aliphatic rings. The molecule has 112 valence electrons. The molecule has 1 saturated heterocycles. The third kappa shape index (κ3) is 4.17. The number of nitrogens with two attached hydrogens (primary N) is 1. The van der Waals surface area contributed by atoms with Gasteiger partial charge in [0, 0.05) is 19.7 Å². The molecule has 0 bridgehead atoms. The molecule has 3 N–H and O–H groups in total. The van der Waals surface area contributed by atoms with Crippen molar-refractivity contribution in [3.8, 4) is 0 Å². The summed E-state index contributed by atoms with van der Waals surface area (Å²) in [5.41, 5.74) is 6.51. The molecular weight excluding hydrogens is 236 g/mol. The molecule has 1 aliphatic heterocycles. The van der Waals surface area contributed by atoms with Crippen LogP contribution in [-0.2, 0) is 0 Å². The van der Waals surface area contributed by atoms with Crippen LogP contribution in [0.1, 0.15) is 51.9 Å². The molecule has 0 spiro atoms. The van der Waals surface area contributed by atoms with Gasteiger partial charge in [-0.3, -0.25) is 0 Å². The van der Waals surface area contributed by atoms with Crippen molar-refractivity contribution in [1.82, 2.24) is 4.90 Å². The van der Waals surface area contributed by atoms with Gasteiger partial charge in [0.1, 0.15) is 0 Å². The molecule has 3 nitrogen and oxygen atoms in total. The summed E-state index contributed by atoms with van der Waals surface area (Å²) in [5, 5.41) is 9.11.